The third-order valence-electron chi connectivity index (χ3n) is 7.75. The summed E-state index contributed by atoms with van der Waals surface area (Å²) in [5, 5.41) is 3.17. The Hall–Kier alpha value is -1.44. The quantitative estimate of drug-likeness (QED) is 0.643. The molecule has 32 heavy (non-hydrogen) atoms. The summed E-state index contributed by atoms with van der Waals surface area (Å²) in [5.74, 6) is 0.710. The predicted molar refractivity (Wildman–Crippen MR) is 128 cm³/mol. The van der Waals surface area contributed by atoms with Crippen LogP contribution in [0, 0.1) is 5.92 Å². The maximum atomic E-state index is 13.6. The molecule has 1 unspecified atom stereocenters. The third-order valence-corrected chi connectivity index (χ3v) is 8.96. The largest absolute Gasteiger partial charge is 0.383 e. The molecular weight excluding hydrogens is 422 g/mol. The Balaban J connectivity index is 1.43. The average molecular weight is 462 g/mol. The van der Waals surface area contributed by atoms with Crippen molar-refractivity contribution in [3.63, 3.8) is 0 Å². The summed E-state index contributed by atoms with van der Waals surface area (Å²) in [6.07, 6.45) is 9.40. The lowest BCUT2D eigenvalue weighted by Gasteiger charge is -2.52. The molecule has 3 heterocycles. The number of likely N-dealkylation sites (tertiary alicyclic amines) is 1. The summed E-state index contributed by atoms with van der Waals surface area (Å²) in [6.45, 7) is 5.74. The molecule has 3 fully saturated rings. The highest BCUT2D eigenvalue weighted by Gasteiger charge is 2.53. The molecule has 6 nitrogen and oxygen atoms in total. The Kier molecular flexibility index (Phi) is 7.90. The van der Waals surface area contributed by atoms with Gasteiger partial charge in [0.05, 0.1) is 6.61 Å². The summed E-state index contributed by atoms with van der Waals surface area (Å²) in [6, 6.07) is 4.08. The summed E-state index contributed by atoms with van der Waals surface area (Å²) >= 11 is 1.88. The van der Waals surface area contributed by atoms with Gasteiger partial charge in [0.1, 0.15) is 11.6 Å². The van der Waals surface area contributed by atoms with E-state index in [2.05, 4.69) is 29.3 Å². The minimum atomic E-state index is -0.723. The minimum absolute atomic E-state index is 0.0538. The smallest absolute Gasteiger partial charge is 0.246 e. The van der Waals surface area contributed by atoms with E-state index in [1.165, 1.54) is 41.9 Å². The fourth-order valence-corrected chi connectivity index (χ4v) is 6.79. The van der Waals surface area contributed by atoms with E-state index in [0.717, 1.165) is 32.5 Å². The molecule has 0 bridgehead atoms. The Morgan fingerprint density at radius 1 is 1.12 bits per heavy atom. The van der Waals surface area contributed by atoms with Crippen molar-refractivity contribution in [3.8, 4) is 0 Å². The van der Waals surface area contributed by atoms with Crippen LogP contribution in [0.1, 0.15) is 68.0 Å². The molecule has 1 aromatic heterocycles. The molecule has 178 valence electrons. The number of hydrogen-bond acceptors (Lipinski definition) is 5. The lowest BCUT2D eigenvalue weighted by atomic mass is 9.79. The number of methoxy groups -OCH3 is 1. The number of amides is 2. The third kappa shape index (κ3) is 5.05. The number of thiophene rings is 1. The molecule has 2 amide bonds. The van der Waals surface area contributed by atoms with Gasteiger partial charge >= 0.3 is 0 Å². The lowest BCUT2D eigenvalue weighted by Crippen LogP contribution is -2.73. The summed E-state index contributed by atoms with van der Waals surface area (Å²) in [7, 11) is 1.66. The van der Waals surface area contributed by atoms with Crippen LogP contribution >= 0.6 is 11.3 Å². The van der Waals surface area contributed by atoms with Crippen molar-refractivity contribution in [2.45, 2.75) is 82.8 Å². The van der Waals surface area contributed by atoms with Gasteiger partial charge in [0.25, 0.3) is 0 Å². The van der Waals surface area contributed by atoms with Gasteiger partial charge in [-0.2, -0.15) is 0 Å². The number of hydrogen-bond donors (Lipinski definition) is 1. The van der Waals surface area contributed by atoms with E-state index in [0.29, 0.717) is 31.9 Å². The maximum absolute atomic E-state index is 13.6. The van der Waals surface area contributed by atoms with Crippen LogP contribution in [-0.4, -0.2) is 66.5 Å². The van der Waals surface area contributed by atoms with Gasteiger partial charge in [-0.15, -0.1) is 11.3 Å². The van der Waals surface area contributed by atoms with Gasteiger partial charge in [-0.25, -0.2) is 0 Å². The SMILES string of the molecule is CCc1ccc(CN2CCC3(CC2)C(=O)NC(CC2CCCCC2)C(=O)N3CCOC)s1. The molecule has 1 atom stereocenters. The van der Waals surface area contributed by atoms with Crippen LogP contribution in [0.15, 0.2) is 12.1 Å². The first-order valence-corrected chi connectivity index (χ1v) is 13.3. The van der Waals surface area contributed by atoms with Gasteiger partial charge in [-0.3, -0.25) is 14.5 Å². The molecule has 7 heteroatoms. The van der Waals surface area contributed by atoms with Crippen molar-refractivity contribution in [2.75, 3.05) is 33.4 Å². The van der Waals surface area contributed by atoms with Crippen LogP contribution in [0.2, 0.25) is 0 Å². The van der Waals surface area contributed by atoms with E-state index in [1.54, 1.807) is 7.11 Å². The zero-order valence-corrected chi connectivity index (χ0v) is 20.6. The van der Waals surface area contributed by atoms with Gasteiger partial charge in [-0.05, 0) is 43.7 Å². The Morgan fingerprint density at radius 3 is 2.50 bits per heavy atom. The van der Waals surface area contributed by atoms with Gasteiger partial charge in [0, 0.05) is 43.0 Å². The first kappa shape index (κ1) is 23.7. The number of rotatable bonds is 8. The molecule has 1 spiro atoms. The van der Waals surface area contributed by atoms with Crippen LogP contribution < -0.4 is 5.32 Å². The Bertz CT molecular complexity index is 781. The molecule has 1 aromatic rings. The fraction of sp³-hybridized carbons (Fsp3) is 0.760. The number of ether oxygens (including phenoxy) is 1. The van der Waals surface area contributed by atoms with Crippen LogP contribution in [0.4, 0.5) is 0 Å². The molecular formula is C25H39N3O3S. The van der Waals surface area contributed by atoms with Gasteiger partial charge in [0.15, 0.2) is 0 Å². The number of piperidine rings is 1. The minimum Gasteiger partial charge on any atom is -0.383 e. The van der Waals surface area contributed by atoms with Crippen LogP contribution in [0.3, 0.4) is 0 Å². The monoisotopic (exact) mass is 461 g/mol. The van der Waals surface area contributed by atoms with Gasteiger partial charge in [-0.1, -0.05) is 39.0 Å². The van der Waals surface area contributed by atoms with Crippen molar-refractivity contribution in [1.82, 2.24) is 15.1 Å². The molecule has 2 saturated heterocycles. The van der Waals surface area contributed by atoms with E-state index < -0.39 is 5.54 Å². The number of aryl methyl sites for hydroxylation is 1. The second-order valence-corrected chi connectivity index (χ2v) is 11.0. The molecule has 0 aromatic carbocycles. The van der Waals surface area contributed by atoms with Crippen molar-refractivity contribution < 1.29 is 14.3 Å². The standard InChI is InChI=1S/C25H39N3O3S/c1-3-20-9-10-21(32-20)18-27-13-11-25(12-14-27)24(30)26-22(17-19-7-5-4-6-8-19)23(29)28(25)15-16-31-2/h9-10,19,22H,3-8,11-18H2,1-2H3,(H,26,30). The topological polar surface area (TPSA) is 61.9 Å². The van der Waals surface area contributed by atoms with Gasteiger partial charge in [0.2, 0.25) is 11.8 Å². The van der Waals surface area contributed by atoms with Crippen LogP contribution in [-0.2, 0) is 27.3 Å². The first-order valence-electron chi connectivity index (χ1n) is 12.5. The van der Waals surface area contributed by atoms with Crippen molar-refractivity contribution in [2.24, 2.45) is 5.92 Å². The molecule has 4 rings (SSSR count). The van der Waals surface area contributed by atoms with E-state index in [-0.39, 0.29) is 17.9 Å². The van der Waals surface area contributed by atoms with Crippen LogP contribution in [0.25, 0.3) is 0 Å². The molecule has 0 radical (unpaired) electrons. The lowest BCUT2D eigenvalue weighted by molar-refractivity contribution is -0.162. The zero-order valence-electron chi connectivity index (χ0n) is 19.7. The molecule has 1 saturated carbocycles. The number of piperazine rings is 1. The van der Waals surface area contributed by atoms with Gasteiger partial charge < -0.3 is 15.0 Å². The highest BCUT2D eigenvalue weighted by Crippen LogP contribution is 2.36. The first-order chi connectivity index (χ1) is 15.6. The number of carbonyl (C=O) groups is 2. The summed E-state index contributed by atoms with van der Waals surface area (Å²) in [4.78, 5) is 34.2. The van der Waals surface area contributed by atoms with E-state index in [4.69, 9.17) is 4.74 Å². The normalized spacial score (nSPS) is 24.8. The Morgan fingerprint density at radius 2 is 1.84 bits per heavy atom. The second kappa shape index (κ2) is 10.7. The molecule has 2 aliphatic heterocycles. The predicted octanol–water partition coefficient (Wildman–Crippen LogP) is 3.59. The van der Waals surface area contributed by atoms with Crippen LogP contribution in [0.5, 0.6) is 0 Å². The highest BCUT2D eigenvalue weighted by molar-refractivity contribution is 7.11. The molecule has 1 aliphatic carbocycles. The average Bonchev–Trinajstić information content (AvgIpc) is 3.27. The summed E-state index contributed by atoms with van der Waals surface area (Å²) < 4.78 is 5.33. The number of nitrogens with zero attached hydrogens (tertiary/aromatic N) is 2. The van der Waals surface area contributed by atoms with Crippen molar-refractivity contribution in [3.05, 3.63) is 21.9 Å². The Labute approximate surface area is 196 Å². The highest BCUT2D eigenvalue weighted by atomic mass is 32.1. The van der Waals surface area contributed by atoms with E-state index in [9.17, 15) is 9.59 Å². The number of nitrogens with one attached hydrogen (secondary N) is 1. The van der Waals surface area contributed by atoms with Crippen molar-refractivity contribution >= 4 is 23.2 Å². The van der Waals surface area contributed by atoms with E-state index >= 15 is 0 Å². The molecule has 3 aliphatic rings. The second-order valence-electron chi connectivity index (χ2n) is 9.78. The fourth-order valence-electron chi connectivity index (χ4n) is 5.79. The van der Waals surface area contributed by atoms with E-state index in [1.807, 2.05) is 16.2 Å². The van der Waals surface area contributed by atoms with Crippen molar-refractivity contribution in [1.29, 1.82) is 0 Å². The summed E-state index contributed by atoms with van der Waals surface area (Å²) in [5.41, 5.74) is -0.723. The molecule has 1 N–H and O–H groups in total. The zero-order chi connectivity index (χ0) is 22.6. The number of carbonyl (C=O) groups excluding carboxylic acids is 2. The maximum Gasteiger partial charge on any atom is 0.246 e.